The first-order chi connectivity index (χ1) is 17.4. The van der Waals surface area contributed by atoms with Gasteiger partial charge < -0.3 is 20.1 Å². The van der Waals surface area contributed by atoms with E-state index in [2.05, 4.69) is 10.6 Å². The summed E-state index contributed by atoms with van der Waals surface area (Å²) in [6.07, 6.45) is 1.94. The Balaban J connectivity index is 1.57. The van der Waals surface area contributed by atoms with Crippen LogP contribution in [0.3, 0.4) is 0 Å². The van der Waals surface area contributed by atoms with E-state index < -0.39 is 12.0 Å². The number of Topliss-reactive ketones (excluding diaryl/α,β-unsaturated/α-hetero) is 1. The van der Waals surface area contributed by atoms with Crippen LogP contribution in [0.15, 0.2) is 78.0 Å². The molecule has 1 atom stereocenters. The van der Waals surface area contributed by atoms with Gasteiger partial charge >= 0.3 is 5.97 Å². The number of carbonyl (C=O) groups is 3. The summed E-state index contributed by atoms with van der Waals surface area (Å²) in [6, 6.07) is 19.4. The molecule has 3 aromatic carbocycles. The van der Waals surface area contributed by atoms with E-state index >= 15 is 0 Å². The molecule has 0 bridgehead atoms. The first-order valence-corrected chi connectivity index (χ1v) is 11.8. The molecule has 1 unspecified atom stereocenters. The Morgan fingerprint density at radius 3 is 2.44 bits per heavy atom. The van der Waals surface area contributed by atoms with Crippen LogP contribution in [0.1, 0.15) is 53.7 Å². The first-order valence-electron chi connectivity index (χ1n) is 11.8. The van der Waals surface area contributed by atoms with Crippen molar-refractivity contribution in [3.05, 3.63) is 94.7 Å². The standard InChI is InChI=1S/C29H26N2O5/c1-17(32)36-25-14-12-19(16-26(25)35-2)28-27-22(9-6-10-24(27)33)30-23-15-20(11-13-21(23)31-28)29(34)18-7-4-3-5-8-18/h3-5,7-8,11-16,28,30-31H,6,9-10H2,1-2H3. The van der Waals surface area contributed by atoms with Gasteiger partial charge in [-0.3, -0.25) is 14.4 Å². The highest BCUT2D eigenvalue weighted by molar-refractivity contribution is 6.10. The second kappa shape index (κ2) is 9.70. The van der Waals surface area contributed by atoms with Crippen LogP contribution in [-0.4, -0.2) is 24.6 Å². The summed E-state index contributed by atoms with van der Waals surface area (Å²) in [4.78, 5) is 37.7. The summed E-state index contributed by atoms with van der Waals surface area (Å²) in [7, 11) is 1.51. The van der Waals surface area contributed by atoms with E-state index in [0.717, 1.165) is 35.5 Å². The summed E-state index contributed by atoms with van der Waals surface area (Å²) in [6.45, 7) is 1.33. The smallest absolute Gasteiger partial charge is 0.308 e. The molecular weight excluding hydrogens is 456 g/mol. The Bertz CT molecular complexity index is 1390. The number of nitrogens with one attached hydrogen (secondary N) is 2. The summed E-state index contributed by atoms with van der Waals surface area (Å²) in [5, 5.41) is 6.95. The van der Waals surface area contributed by atoms with Gasteiger partial charge in [0.2, 0.25) is 0 Å². The highest BCUT2D eigenvalue weighted by Crippen LogP contribution is 2.42. The number of fused-ring (bicyclic) bond motifs is 1. The Labute approximate surface area is 209 Å². The summed E-state index contributed by atoms with van der Waals surface area (Å²) in [5.74, 6) is 0.267. The van der Waals surface area contributed by atoms with E-state index in [9.17, 15) is 14.4 Å². The van der Waals surface area contributed by atoms with Crippen molar-refractivity contribution in [2.75, 3.05) is 17.7 Å². The van der Waals surface area contributed by atoms with Gasteiger partial charge in [-0.15, -0.1) is 0 Å². The zero-order valence-corrected chi connectivity index (χ0v) is 20.1. The maximum absolute atomic E-state index is 13.2. The van der Waals surface area contributed by atoms with Crippen LogP contribution in [0.2, 0.25) is 0 Å². The molecule has 5 rings (SSSR count). The highest BCUT2D eigenvalue weighted by atomic mass is 16.6. The maximum Gasteiger partial charge on any atom is 0.308 e. The zero-order chi connectivity index (χ0) is 25.2. The molecule has 7 nitrogen and oxygen atoms in total. The molecule has 0 spiro atoms. The number of ketones is 2. The number of rotatable bonds is 5. The molecule has 36 heavy (non-hydrogen) atoms. The number of carbonyl (C=O) groups excluding carboxylic acids is 3. The van der Waals surface area contributed by atoms with Gasteiger partial charge in [0.1, 0.15) is 0 Å². The third-order valence-electron chi connectivity index (χ3n) is 6.42. The lowest BCUT2D eigenvalue weighted by molar-refractivity contribution is -0.132. The van der Waals surface area contributed by atoms with Crippen molar-refractivity contribution in [3.8, 4) is 11.5 Å². The zero-order valence-electron chi connectivity index (χ0n) is 20.1. The number of allylic oxidation sites excluding steroid dienone is 1. The van der Waals surface area contributed by atoms with Crippen LogP contribution in [-0.2, 0) is 9.59 Å². The number of benzene rings is 3. The molecule has 0 saturated carbocycles. The number of esters is 1. The fraction of sp³-hybridized carbons (Fsp3) is 0.207. The minimum atomic E-state index is -0.447. The van der Waals surface area contributed by atoms with Crippen LogP contribution in [0.4, 0.5) is 11.4 Å². The monoisotopic (exact) mass is 482 g/mol. The summed E-state index contributed by atoms with van der Waals surface area (Å²) in [5.41, 5.74) is 4.99. The largest absolute Gasteiger partial charge is 0.493 e. The first kappa shape index (κ1) is 23.4. The quantitative estimate of drug-likeness (QED) is 0.284. The number of anilines is 2. The lowest BCUT2D eigenvalue weighted by atomic mass is 9.86. The van der Waals surface area contributed by atoms with Crippen molar-refractivity contribution in [1.82, 2.24) is 0 Å². The fourth-order valence-corrected chi connectivity index (χ4v) is 4.74. The van der Waals surface area contributed by atoms with Crippen LogP contribution in [0.5, 0.6) is 11.5 Å². The number of hydrogen-bond donors (Lipinski definition) is 2. The van der Waals surface area contributed by atoms with Gasteiger partial charge in [-0.05, 0) is 48.7 Å². The van der Waals surface area contributed by atoms with Gasteiger partial charge in [0.05, 0.1) is 24.5 Å². The minimum absolute atomic E-state index is 0.0673. The van der Waals surface area contributed by atoms with E-state index in [-0.39, 0.29) is 11.6 Å². The van der Waals surface area contributed by atoms with Gasteiger partial charge in [-0.1, -0.05) is 36.4 Å². The molecule has 1 aliphatic carbocycles. The Morgan fingerprint density at radius 1 is 0.889 bits per heavy atom. The third kappa shape index (κ3) is 4.47. The van der Waals surface area contributed by atoms with Crippen molar-refractivity contribution in [3.63, 3.8) is 0 Å². The fourth-order valence-electron chi connectivity index (χ4n) is 4.74. The lowest BCUT2D eigenvalue weighted by Gasteiger charge is -2.26. The maximum atomic E-state index is 13.2. The molecule has 182 valence electrons. The molecule has 0 radical (unpaired) electrons. The molecule has 7 heteroatoms. The van der Waals surface area contributed by atoms with Crippen molar-refractivity contribution in [2.45, 2.75) is 32.2 Å². The molecule has 2 aliphatic rings. The minimum Gasteiger partial charge on any atom is -0.493 e. The van der Waals surface area contributed by atoms with Gasteiger partial charge in [-0.25, -0.2) is 0 Å². The van der Waals surface area contributed by atoms with Gasteiger partial charge in [-0.2, -0.15) is 0 Å². The Hall–Kier alpha value is -4.39. The number of ether oxygens (including phenoxy) is 2. The SMILES string of the molecule is COc1cc(C2Nc3ccc(C(=O)c4ccccc4)cc3NC3=C2C(=O)CCC3)ccc1OC(C)=O. The summed E-state index contributed by atoms with van der Waals surface area (Å²) < 4.78 is 10.7. The van der Waals surface area contributed by atoms with E-state index in [0.29, 0.717) is 34.6 Å². The second-order valence-electron chi connectivity index (χ2n) is 8.83. The van der Waals surface area contributed by atoms with E-state index in [4.69, 9.17) is 9.47 Å². The molecule has 0 aromatic heterocycles. The molecule has 1 aliphatic heterocycles. The van der Waals surface area contributed by atoms with Crippen LogP contribution in [0.25, 0.3) is 0 Å². The van der Waals surface area contributed by atoms with Crippen molar-refractivity contribution in [1.29, 1.82) is 0 Å². The molecule has 1 heterocycles. The summed E-state index contributed by atoms with van der Waals surface area (Å²) >= 11 is 0. The lowest BCUT2D eigenvalue weighted by Crippen LogP contribution is -2.23. The molecule has 0 saturated heterocycles. The average molecular weight is 483 g/mol. The normalized spacial score (nSPS) is 16.6. The predicted molar refractivity (Wildman–Crippen MR) is 136 cm³/mol. The van der Waals surface area contributed by atoms with Crippen LogP contribution >= 0.6 is 0 Å². The Morgan fingerprint density at radius 2 is 1.69 bits per heavy atom. The second-order valence-corrected chi connectivity index (χ2v) is 8.83. The average Bonchev–Trinajstić information content (AvgIpc) is 3.05. The van der Waals surface area contributed by atoms with Gasteiger partial charge in [0, 0.05) is 35.7 Å². The number of hydrogen-bond acceptors (Lipinski definition) is 7. The van der Waals surface area contributed by atoms with Crippen molar-refractivity contribution < 1.29 is 23.9 Å². The molecule has 0 amide bonds. The molecule has 3 aromatic rings. The van der Waals surface area contributed by atoms with Gasteiger partial charge in [0.15, 0.2) is 23.1 Å². The van der Waals surface area contributed by atoms with E-state index in [1.54, 1.807) is 30.3 Å². The topological polar surface area (TPSA) is 93.7 Å². The number of methoxy groups -OCH3 is 1. The van der Waals surface area contributed by atoms with Crippen LogP contribution in [0, 0.1) is 0 Å². The molecular formula is C29H26N2O5. The van der Waals surface area contributed by atoms with Gasteiger partial charge in [0.25, 0.3) is 0 Å². The highest BCUT2D eigenvalue weighted by Gasteiger charge is 2.33. The molecule has 0 fully saturated rings. The van der Waals surface area contributed by atoms with E-state index in [1.165, 1.54) is 14.0 Å². The third-order valence-corrected chi connectivity index (χ3v) is 6.42. The van der Waals surface area contributed by atoms with Crippen molar-refractivity contribution >= 4 is 28.9 Å². The predicted octanol–water partition coefficient (Wildman–Crippen LogP) is 5.44. The Kier molecular flexibility index (Phi) is 6.29. The molecule has 2 N–H and O–H groups in total. The van der Waals surface area contributed by atoms with E-state index in [1.807, 2.05) is 36.4 Å². The van der Waals surface area contributed by atoms with Crippen LogP contribution < -0.4 is 20.1 Å². The van der Waals surface area contributed by atoms with Crippen molar-refractivity contribution in [2.24, 2.45) is 0 Å².